The number of amides is 1. The van der Waals surface area contributed by atoms with Crippen LogP contribution in [0.5, 0.6) is 11.5 Å². The van der Waals surface area contributed by atoms with Crippen LogP contribution in [-0.4, -0.2) is 57.2 Å². The van der Waals surface area contributed by atoms with Crippen molar-refractivity contribution in [3.63, 3.8) is 0 Å². The average Bonchev–Trinajstić information content (AvgIpc) is 3.25. The second kappa shape index (κ2) is 11.3. The summed E-state index contributed by atoms with van der Waals surface area (Å²) >= 11 is 1.75. The average molecular weight is 447 g/mol. The van der Waals surface area contributed by atoms with Crippen molar-refractivity contribution in [1.82, 2.24) is 15.2 Å². The molecule has 2 aromatic rings. The van der Waals surface area contributed by atoms with Gasteiger partial charge < -0.3 is 19.7 Å². The number of anilines is 1. The third kappa shape index (κ3) is 6.83. The van der Waals surface area contributed by atoms with Crippen LogP contribution in [0.2, 0.25) is 0 Å². The molecule has 1 aromatic carbocycles. The first kappa shape index (κ1) is 23.3. The maximum absolute atomic E-state index is 12.4. The van der Waals surface area contributed by atoms with Crippen molar-refractivity contribution in [2.75, 3.05) is 46.3 Å². The summed E-state index contributed by atoms with van der Waals surface area (Å²) in [5.41, 5.74) is 0.946. The normalized spacial score (nSPS) is 16.7. The van der Waals surface area contributed by atoms with Crippen molar-refractivity contribution in [2.24, 2.45) is 5.92 Å². The van der Waals surface area contributed by atoms with Crippen LogP contribution in [0.25, 0.3) is 0 Å². The van der Waals surface area contributed by atoms with E-state index >= 15 is 0 Å². The standard InChI is InChI=1S/C23H34N4O3S/c1-26(2)23-25-14-20(31-23)16-27-11-5-6-17(15-27)7-10-22(28)24-13-18-8-9-19(29-3)12-21(18)30-4/h8-9,12,14,17H,5-7,10-11,13,15-16H2,1-4H3,(H,24,28). The van der Waals surface area contributed by atoms with Gasteiger partial charge >= 0.3 is 0 Å². The Hall–Kier alpha value is -2.32. The van der Waals surface area contributed by atoms with Crippen LogP contribution in [-0.2, 0) is 17.9 Å². The van der Waals surface area contributed by atoms with Crippen molar-refractivity contribution in [3.05, 3.63) is 34.8 Å². The van der Waals surface area contributed by atoms with E-state index in [9.17, 15) is 4.79 Å². The Kier molecular flexibility index (Phi) is 8.54. The van der Waals surface area contributed by atoms with Gasteiger partial charge in [0.2, 0.25) is 5.91 Å². The van der Waals surface area contributed by atoms with Crippen LogP contribution < -0.4 is 19.7 Å². The number of methoxy groups -OCH3 is 2. The van der Waals surface area contributed by atoms with Crippen molar-refractivity contribution in [2.45, 2.75) is 38.8 Å². The van der Waals surface area contributed by atoms with Gasteiger partial charge in [-0.15, -0.1) is 11.3 Å². The Morgan fingerprint density at radius 3 is 2.87 bits per heavy atom. The summed E-state index contributed by atoms with van der Waals surface area (Å²) in [4.78, 5) is 22.7. The Bertz CT molecular complexity index is 855. The van der Waals surface area contributed by atoms with Crippen LogP contribution in [0, 0.1) is 5.92 Å². The number of nitrogens with zero attached hydrogens (tertiary/aromatic N) is 3. The number of thiazole rings is 1. The van der Waals surface area contributed by atoms with Gasteiger partial charge in [-0.05, 0) is 43.9 Å². The van der Waals surface area contributed by atoms with Crippen molar-refractivity contribution in [1.29, 1.82) is 0 Å². The van der Waals surface area contributed by atoms with Crippen LogP contribution in [0.3, 0.4) is 0 Å². The van der Waals surface area contributed by atoms with E-state index in [0.717, 1.165) is 48.2 Å². The topological polar surface area (TPSA) is 66.9 Å². The fourth-order valence-electron chi connectivity index (χ4n) is 3.94. The summed E-state index contributed by atoms with van der Waals surface area (Å²) in [5, 5.41) is 4.08. The Morgan fingerprint density at radius 2 is 2.16 bits per heavy atom. The lowest BCUT2D eigenvalue weighted by Crippen LogP contribution is -2.35. The van der Waals surface area contributed by atoms with Crippen LogP contribution in [0.15, 0.2) is 24.4 Å². The first-order valence-corrected chi connectivity index (χ1v) is 11.6. The van der Waals surface area contributed by atoms with Gasteiger partial charge in [-0.25, -0.2) is 4.98 Å². The minimum atomic E-state index is 0.0908. The molecule has 0 radical (unpaired) electrons. The van der Waals surface area contributed by atoms with Gasteiger partial charge in [0, 0.05) is 62.9 Å². The molecule has 1 unspecified atom stereocenters. The molecular weight excluding hydrogens is 412 g/mol. The number of carbonyl (C=O) groups is 1. The lowest BCUT2D eigenvalue weighted by atomic mass is 9.93. The van der Waals surface area contributed by atoms with E-state index in [4.69, 9.17) is 9.47 Å². The van der Waals surface area contributed by atoms with Crippen molar-refractivity contribution < 1.29 is 14.3 Å². The quantitative estimate of drug-likeness (QED) is 0.602. The molecule has 0 spiro atoms. The molecule has 7 nitrogen and oxygen atoms in total. The summed E-state index contributed by atoms with van der Waals surface area (Å²) in [6.45, 7) is 3.58. The van der Waals surface area contributed by atoms with E-state index in [0.29, 0.717) is 18.9 Å². The second-order valence-corrected chi connectivity index (χ2v) is 9.33. The van der Waals surface area contributed by atoms with Gasteiger partial charge in [-0.3, -0.25) is 9.69 Å². The van der Waals surface area contributed by atoms with E-state index in [2.05, 4.69) is 15.2 Å². The van der Waals surface area contributed by atoms with E-state index in [1.54, 1.807) is 25.6 Å². The molecule has 1 aliphatic heterocycles. The first-order chi connectivity index (χ1) is 15.0. The maximum Gasteiger partial charge on any atom is 0.220 e. The number of nitrogens with one attached hydrogen (secondary N) is 1. The highest BCUT2D eigenvalue weighted by molar-refractivity contribution is 7.15. The summed E-state index contributed by atoms with van der Waals surface area (Å²) in [6, 6.07) is 5.64. The van der Waals surface area contributed by atoms with Gasteiger partial charge in [0.05, 0.1) is 14.2 Å². The maximum atomic E-state index is 12.4. The predicted octanol–water partition coefficient (Wildman–Crippen LogP) is 3.53. The van der Waals surface area contributed by atoms with Gasteiger partial charge in [-0.1, -0.05) is 0 Å². The second-order valence-electron chi connectivity index (χ2n) is 8.24. The lowest BCUT2D eigenvalue weighted by Gasteiger charge is -2.32. The summed E-state index contributed by atoms with van der Waals surface area (Å²) in [5.74, 6) is 2.12. The number of hydrogen-bond acceptors (Lipinski definition) is 7. The molecule has 31 heavy (non-hydrogen) atoms. The van der Waals surface area contributed by atoms with Gasteiger partial charge in [-0.2, -0.15) is 0 Å². The lowest BCUT2D eigenvalue weighted by molar-refractivity contribution is -0.121. The van der Waals surface area contributed by atoms with Gasteiger partial charge in [0.15, 0.2) is 5.13 Å². The van der Waals surface area contributed by atoms with Crippen LogP contribution in [0.4, 0.5) is 5.13 Å². The van der Waals surface area contributed by atoms with E-state index in [-0.39, 0.29) is 5.91 Å². The summed E-state index contributed by atoms with van der Waals surface area (Å²) in [7, 11) is 7.30. The Labute approximate surface area is 189 Å². The SMILES string of the molecule is COc1ccc(CNC(=O)CCC2CCCN(Cc3cnc(N(C)C)s3)C2)c(OC)c1. The molecule has 0 aliphatic carbocycles. The number of piperidine rings is 1. The number of hydrogen-bond donors (Lipinski definition) is 1. The van der Waals surface area contributed by atoms with Gasteiger partial charge in [0.1, 0.15) is 11.5 Å². The predicted molar refractivity (Wildman–Crippen MR) is 125 cm³/mol. The molecule has 0 saturated carbocycles. The number of benzene rings is 1. The number of aromatic nitrogens is 1. The molecule has 3 rings (SSSR count). The molecule has 1 saturated heterocycles. The minimum absolute atomic E-state index is 0.0908. The molecule has 1 atom stereocenters. The monoisotopic (exact) mass is 446 g/mol. The molecule has 1 N–H and O–H groups in total. The van der Waals surface area contributed by atoms with E-state index < -0.39 is 0 Å². The van der Waals surface area contributed by atoms with Crippen LogP contribution in [0.1, 0.15) is 36.1 Å². The highest BCUT2D eigenvalue weighted by atomic mass is 32.1. The molecule has 1 aliphatic rings. The molecule has 1 aromatic heterocycles. The van der Waals surface area contributed by atoms with E-state index in [1.165, 1.54) is 17.7 Å². The fraction of sp³-hybridized carbons (Fsp3) is 0.565. The first-order valence-electron chi connectivity index (χ1n) is 10.8. The molecule has 0 bridgehead atoms. The zero-order valence-electron chi connectivity index (χ0n) is 19.0. The fourth-order valence-corrected chi connectivity index (χ4v) is 4.82. The molecule has 2 heterocycles. The Morgan fingerprint density at radius 1 is 1.32 bits per heavy atom. The minimum Gasteiger partial charge on any atom is -0.497 e. The van der Waals surface area contributed by atoms with E-state index in [1.807, 2.05) is 43.4 Å². The highest BCUT2D eigenvalue weighted by Gasteiger charge is 2.21. The van der Waals surface area contributed by atoms with Crippen molar-refractivity contribution in [3.8, 4) is 11.5 Å². The summed E-state index contributed by atoms with van der Waals surface area (Å²) in [6.07, 6.45) is 5.86. The molecule has 170 valence electrons. The number of likely N-dealkylation sites (tertiary alicyclic amines) is 1. The third-order valence-electron chi connectivity index (χ3n) is 5.66. The number of ether oxygens (including phenoxy) is 2. The van der Waals surface area contributed by atoms with Gasteiger partial charge in [0.25, 0.3) is 0 Å². The smallest absolute Gasteiger partial charge is 0.220 e. The van der Waals surface area contributed by atoms with Crippen molar-refractivity contribution >= 4 is 22.4 Å². The largest absolute Gasteiger partial charge is 0.497 e. The molecule has 1 fully saturated rings. The number of carbonyl (C=O) groups excluding carboxylic acids is 1. The zero-order valence-corrected chi connectivity index (χ0v) is 19.8. The van der Waals surface area contributed by atoms with Crippen LogP contribution >= 0.6 is 11.3 Å². The zero-order chi connectivity index (χ0) is 22.2. The molecule has 8 heteroatoms. The summed E-state index contributed by atoms with van der Waals surface area (Å²) < 4.78 is 10.6. The number of rotatable bonds is 10. The molecule has 1 amide bonds. The Balaban J connectivity index is 1.42. The molecular formula is C23H34N4O3S. The third-order valence-corrected chi connectivity index (χ3v) is 6.81. The highest BCUT2D eigenvalue weighted by Crippen LogP contribution is 2.27.